The fourth-order valence-electron chi connectivity index (χ4n) is 1.88. The summed E-state index contributed by atoms with van der Waals surface area (Å²) in [7, 11) is 0. The first-order chi connectivity index (χ1) is 9.36. The molecule has 0 aromatic rings. The average molecular weight is 309 g/mol. The minimum atomic E-state index is -1.33. The lowest BCUT2D eigenvalue weighted by molar-refractivity contribution is -0.173. The Morgan fingerprint density at radius 2 is 1.95 bits per heavy atom. The summed E-state index contributed by atoms with van der Waals surface area (Å²) in [5.41, 5.74) is -0.742. The summed E-state index contributed by atoms with van der Waals surface area (Å²) in [6, 6.07) is -0.871. The fourth-order valence-corrected chi connectivity index (χ4v) is 3.06. The monoisotopic (exact) mass is 309 g/mol. The summed E-state index contributed by atoms with van der Waals surface area (Å²) in [5, 5.41) is 39.9. The van der Waals surface area contributed by atoms with Crippen LogP contribution in [0.2, 0.25) is 0 Å². The molecule has 5 N–H and O–H groups in total. The van der Waals surface area contributed by atoms with Crippen molar-refractivity contribution in [3.63, 3.8) is 0 Å². The third-order valence-electron chi connectivity index (χ3n) is 2.85. The zero-order valence-corrected chi connectivity index (χ0v) is 11.7. The van der Waals surface area contributed by atoms with Gasteiger partial charge < -0.3 is 30.5 Å². The third kappa shape index (κ3) is 4.60. The number of ether oxygens (including phenoxy) is 1. The van der Waals surface area contributed by atoms with E-state index in [4.69, 9.17) is 14.9 Å². The molecule has 0 aliphatic carbocycles. The van der Waals surface area contributed by atoms with Gasteiger partial charge in [0.1, 0.15) is 23.7 Å². The molecular weight excluding hydrogens is 290 g/mol. The maximum atomic E-state index is 11.1. The van der Waals surface area contributed by atoms with Gasteiger partial charge >= 0.3 is 5.97 Å². The van der Waals surface area contributed by atoms with Gasteiger partial charge in [0, 0.05) is 12.7 Å². The van der Waals surface area contributed by atoms with E-state index in [1.165, 1.54) is 6.92 Å². The summed E-state index contributed by atoms with van der Waals surface area (Å²) in [6.45, 7) is 0.775. The molecular formula is C11H19NO7S. The van der Waals surface area contributed by atoms with Crippen LogP contribution in [0.1, 0.15) is 13.3 Å². The number of carboxylic acid groups (broad SMARTS) is 1. The molecule has 0 aromatic heterocycles. The molecule has 0 unspecified atom stereocenters. The molecule has 1 saturated heterocycles. The van der Waals surface area contributed by atoms with E-state index in [0.717, 1.165) is 11.8 Å². The lowest BCUT2D eigenvalue weighted by Gasteiger charge is -2.42. The fraction of sp³-hybridized carbons (Fsp3) is 0.818. The van der Waals surface area contributed by atoms with Crippen molar-refractivity contribution in [2.75, 3.05) is 12.4 Å². The number of rotatable bonds is 6. The van der Waals surface area contributed by atoms with Crippen LogP contribution in [0.3, 0.4) is 0 Å². The number of hydrogen-bond donors (Lipinski definition) is 5. The van der Waals surface area contributed by atoms with Crippen LogP contribution < -0.4 is 5.32 Å². The highest BCUT2D eigenvalue weighted by Gasteiger charge is 2.44. The predicted octanol–water partition coefficient (Wildman–Crippen LogP) is -1.86. The number of carbonyl (C=O) groups is 2. The molecule has 0 radical (unpaired) electrons. The molecule has 1 amide bonds. The van der Waals surface area contributed by atoms with Gasteiger partial charge in [0.15, 0.2) is 0 Å². The summed E-state index contributed by atoms with van der Waals surface area (Å²) in [4.78, 5) is 21.6. The SMILES string of the molecule is CC(=O)N[C@@H]1[C@@H](O)[C@@H](O)[C@@H](CO)O[C@H]1SCCC(=O)O. The number of nitrogens with one attached hydrogen (secondary N) is 1. The first-order valence-corrected chi connectivity index (χ1v) is 7.14. The molecule has 1 aliphatic rings. The highest BCUT2D eigenvalue weighted by atomic mass is 32.2. The van der Waals surface area contributed by atoms with E-state index in [-0.39, 0.29) is 12.2 Å². The topological polar surface area (TPSA) is 136 Å². The molecule has 0 spiro atoms. The number of thioether (sulfide) groups is 1. The second kappa shape index (κ2) is 7.79. The zero-order valence-electron chi connectivity index (χ0n) is 10.9. The van der Waals surface area contributed by atoms with Gasteiger partial charge in [0.25, 0.3) is 0 Å². The highest BCUT2D eigenvalue weighted by Crippen LogP contribution is 2.28. The van der Waals surface area contributed by atoms with Crippen LogP contribution in [0.5, 0.6) is 0 Å². The summed E-state index contributed by atoms with van der Waals surface area (Å²) in [6.07, 6.45) is -3.70. The second-order valence-corrected chi connectivity index (χ2v) is 5.65. The predicted molar refractivity (Wildman–Crippen MR) is 70.1 cm³/mol. The van der Waals surface area contributed by atoms with Gasteiger partial charge in [-0.25, -0.2) is 0 Å². The van der Waals surface area contributed by atoms with Gasteiger partial charge in [-0.15, -0.1) is 11.8 Å². The van der Waals surface area contributed by atoms with Crippen LogP contribution in [-0.4, -0.2) is 74.5 Å². The van der Waals surface area contributed by atoms with Gasteiger partial charge in [-0.05, 0) is 0 Å². The Balaban J connectivity index is 2.72. The van der Waals surface area contributed by atoms with E-state index in [1.807, 2.05) is 0 Å². The third-order valence-corrected chi connectivity index (χ3v) is 4.02. The van der Waals surface area contributed by atoms with E-state index in [0.29, 0.717) is 0 Å². The number of carboxylic acids is 1. The van der Waals surface area contributed by atoms with Gasteiger partial charge in [-0.3, -0.25) is 9.59 Å². The molecule has 0 bridgehead atoms. The van der Waals surface area contributed by atoms with Crippen LogP contribution >= 0.6 is 11.8 Å². The first-order valence-electron chi connectivity index (χ1n) is 6.09. The standard InChI is InChI=1S/C11H19NO7S/c1-5(14)12-8-10(18)9(17)6(4-13)19-11(8)20-3-2-7(15)16/h6,8-11,13,17-18H,2-4H2,1H3,(H,12,14)(H,15,16)/t6-,8-,9+,10-,11+/m1/s1. The molecule has 0 aromatic carbocycles. The highest BCUT2D eigenvalue weighted by molar-refractivity contribution is 7.99. The van der Waals surface area contributed by atoms with E-state index in [1.54, 1.807) is 0 Å². The van der Waals surface area contributed by atoms with Crippen molar-refractivity contribution in [1.82, 2.24) is 5.32 Å². The molecule has 1 aliphatic heterocycles. The summed E-state index contributed by atoms with van der Waals surface area (Å²) in [5.74, 6) is -1.16. The lowest BCUT2D eigenvalue weighted by Crippen LogP contribution is -2.63. The minimum absolute atomic E-state index is 0.0975. The van der Waals surface area contributed by atoms with Crippen LogP contribution in [-0.2, 0) is 14.3 Å². The molecule has 1 heterocycles. The van der Waals surface area contributed by atoms with Crippen LogP contribution in [0, 0.1) is 0 Å². The Morgan fingerprint density at radius 3 is 2.45 bits per heavy atom. The summed E-state index contributed by atoms with van der Waals surface area (Å²) >= 11 is 1.10. The van der Waals surface area contributed by atoms with Crippen LogP contribution in [0.4, 0.5) is 0 Å². The van der Waals surface area contributed by atoms with E-state index in [2.05, 4.69) is 5.32 Å². The Morgan fingerprint density at radius 1 is 1.30 bits per heavy atom. The van der Waals surface area contributed by atoms with Crippen LogP contribution in [0.15, 0.2) is 0 Å². The number of hydrogen-bond acceptors (Lipinski definition) is 7. The van der Waals surface area contributed by atoms with Gasteiger partial charge in [0.2, 0.25) is 5.91 Å². The van der Waals surface area contributed by atoms with Crippen molar-refractivity contribution >= 4 is 23.6 Å². The quantitative estimate of drug-likeness (QED) is 0.385. The molecule has 116 valence electrons. The maximum absolute atomic E-state index is 11.1. The molecule has 0 saturated carbocycles. The van der Waals surface area contributed by atoms with E-state index < -0.39 is 48.3 Å². The van der Waals surface area contributed by atoms with E-state index >= 15 is 0 Å². The lowest BCUT2D eigenvalue weighted by atomic mass is 9.98. The van der Waals surface area contributed by atoms with Gasteiger partial charge in [-0.1, -0.05) is 0 Å². The van der Waals surface area contributed by atoms with Crippen molar-refractivity contribution in [2.24, 2.45) is 0 Å². The maximum Gasteiger partial charge on any atom is 0.304 e. The molecule has 8 nitrogen and oxygen atoms in total. The molecule has 1 fully saturated rings. The van der Waals surface area contributed by atoms with Gasteiger partial charge in [-0.2, -0.15) is 0 Å². The number of carbonyl (C=O) groups excluding carboxylic acids is 1. The molecule has 20 heavy (non-hydrogen) atoms. The zero-order chi connectivity index (χ0) is 15.3. The second-order valence-electron chi connectivity index (χ2n) is 4.45. The average Bonchev–Trinajstić information content (AvgIpc) is 2.36. The van der Waals surface area contributed by atoms with Crippen molar-refractivity contribution in [3.8, 4) is 0 Å². The smallest absolute Gasteiger partial charge is 0.304 e. The van der Waals surface area contributed by atoms with Crippen molar-refractivity contribution in [2.45, 2.75) is 43.1 Å². The molecule has 1 rings (SSSR count). The number of aliphatic carboxylic acids is 1. The molecule has 9 heteroatoms. The Kier molecular flexibility index (Phi) is 6.69. The van der Waals surface area contributed by atoms with Gasteiger partial charge in [0.05, 0.1) is 19.1 Å². The minimum Gasteiger partial charge on any atom is -0.481 e. The van der Waals surface area contributed by atoms with Crippen LogP contribution in [0.25, 0.3) is 0 Å². The summed E-state index contributed by atoms with van der Waals surface area (Å²) < 4.78 is 5.41. The normalized spacial score (nSPS) is 33.7. The van der Waals surface area contributed by atoms with Crippen molar-refractivity contribution in [3.05, 3.63) is 0 Å². The number of amides is 1. The van der Waals surface area contributed by atoms with Crippen molar-refractivity contribution in [1.29, 1.82) is 0 Å². The Bertz CT molecular complexity index is 354. The first kappa shape index (κ1) is 17.2. The molecule has 5 atom stereocenters. The number of aliphatic hydroxyl groups excluding tert-OH is 3. The number of aliphatic hydroxyl groups is 3. The Hall–Kier alpha value is -0.870. The van der Waals surface area contributed by atoms with Crippen molar-refractivity contribution < 1.29 is 34.8 Å². The van der Waals surface area contributed by atoms with E-state index in [9.17, 15) is 19.8 Å². The largest absolute Gasteiger partial charge is 0.481 e. The Labute approximate surface area is 120 Å².